The van der Waals surface area contributed by atoms with Gasteiger partial charge in [0.1, 0.15) is 0 Å². The van der Waals surface area contributed by atoms with Crippen LogP contribution in [0, 0.1) is 22.7 Å². The van der Waals surface area contributed by atoms with Gasteiger partial charge in [-0.1, -0.05) is 26.7 Å². The van der Waals surface area contributed by atoms with Crippen molar-refractivity contribution in [1.29, 1.82) is 5.41 Å². The summed E-state index contributed by atoms with van der Waals surface area (Å²) in [5.74, 6) is 2.36. The highest BCUT2D eigenvalue weighted by Gasteiger charge is 2.35. The van der Waals surface area contributed by atoms with E-state index in [4.69, 9.17) is 11.1 Å². The van der Waals surface area contributed by atoms with Crippen LogP contribution in [0.2, 0.25) is 0 Å². The fraction of sp³-hybridized carbons (Fsp3) is 0.933. The Hall–Kier alpha value is -0.570. The molecule has 2 fully saturated rings. The summed E-state index contributed by atoms with van der Waals surface area (Å²) in [6, 6.07) is 0. The van der Waals surface area contributed by atoms with Crippen LogP contribution < -0.4 is 5.73 Å². The number of nitrogens with two attached hydrogens (primary N) is 1. The van der Waals surface area contributed by atoms with Gasteiger partial charge in [0.05, 0.1) is 5.84 Å². The third-order valence-electron chi connectivity index (χ3n) is 5.06. The van der Waals surface area contributed by atoms with Gasteiger partial charge in [-0.05, 0) is 44.1 Å². The minimum absolute atomic E-state index is 0.110. The van der Waals surface area contributed by atoms with Gasteiger partial charge in [0, 0.05) is 18.5 Å². The van der Waals surface area contributed by atoms with E-state index >= 15 is 0 Å². The standard InChI is InChI=1S/C15H29N3/c1-15(2,14(16)17)8-3-4-9-18-10-12-6-5-7-13(12)11-18/h12-13H,3-11H2,1-2H3,(H3,16,17). The lowest BCUT2D eigenvalue weighted by molar-refractivity contribution is 0.296. The van der Waals surface area contributed by atoms with Crippen LogP contribution in [0.25, 0.3) is 0 Å². The molecule has 2 rings (SSSR count). The Morgan fingerprint density at radius 3 is 2.39 bits per heavy atom. The lowest BCUT2D eigenvalue weighted by atomic mass is 9.86. The molecule has 1 saturated carbocycles. The molecule has 3 N–H and O–H groups in total. The van der Waals surface area contributed by atoms with Crippen molar-refractivity contribution in [3.05, 3.63) is 0 Å². The first kappa shape index (κ1) is 13.9. The first-order valence-electron chi connectivity index (χ1n) is 7.56. The second-order valence-corrected chi connectivity index (χ2v) is 6.97. The zero-order valence-corrected chi connectivity index (χ0v) is 12.0. The van der Waals surface area contributed by atoms with Crippen molar-refractivity contribution in [3.63, 3.8) is 0 Å². The fourth-order valence-corrected chi connectivity index (χ4v) is 3.55. The van der Waals surface area contributed by atoms with Crippen LogP contribution in [0.1, 0.15) is 52.4 Å². The maximum atomic E-state index is 7.55. The molecule has 0 radical (unpaired) electrons. The summed E-state index contributed by atoms with van der Waals surface area (Å²) in [4.78, 5) is 2.66. The average molecular weight is 251 g/mol. The van der Waals surface area contributed by atoms with E-state index in [2.05, 4.69) is 18.7 Å². The highest BCUT2D eigenvalue weighted by atomic mass is 15.2. The lowest BCUT2D eigenvalue weighted by Gasteiger charge is -2.23. The SMILES string of the molecule is CC(C)(CCCCN1CC2CCCC2C1)C(=N)N. The van der Waals surface area contributed by atoms with Crippen molar-refractivity contribution >= 4 is 5.84 Å². The van der Waals surface area contributed by atoms with Gasteiger partial charge in [-0.2, -0.15) is 0 Å². The van der Waals surface area contributed by atoms with Crippen LogP contribution in [0.3, 0.4) is 0 Å². The Balaban J connectivity index is 1.61. The second-order valence-electron chi connectivity index (χ2n) is 6.97. The molecule has 1 aliphatic heterocycles. The molecule has 0 amide bonds. The number of nitrogens with one attached hydrogen (secondary N) is 1. The van der Waals surface area contributed by atoms with Crippen molar-refractivity contribution in [3.8, 4) is 0 Å². The molecule has 1 aliphatic carbocycles. The van der Waals surface area contributed by atoms with E-state index in [1.807, 2.05) is 0 Å². The summed E-state index contributed by atoms with van der Waals surface area (Å²) in [5.41, 5.74) is 5.50. The van der Waals surface area contributed by atoms with Gasteiger partial charge in [-0.3, -0.25) is 5.41 Å². The predicted molar refractivity (Wildman–Crippen MR) is 76.8 cm³/mol. The van der Waals surface area contributed by atoms with E-state index in [9.17, 15) is 0 Å². The number of nitrogens with zero attached hydrogens (tertiary/aromatic N) is 1. The van der Waals surface area contributed by atoms with Gasteiger partial charge in [0.25, 0.3) is 0 Å². The van der Waals surface area contributed by atoms with Gasteiger partial charge in [-0.25, -0.2) is 0 Å². The van der Waals surface area contributed by atoms with Crippen LogP contribution in [0.4, 0.5) is 0 Å². The van der Waals surface area contributed by atoms with Crippen LogP contribution in [-0.4, -0.2) is 30.4 Å². The molecule has 2 unspecified atom stereocenters. The van der Waals surface area contributed by atoms with E-state index in [-0.39, 0.29) is 5.41 Å². The molecule has 2 aliphatic rings. The van der Waals surface area contributed by atoms with Crippen molar-refractivity contribution in [1.82, 2.24) is 4.90 Å². The maximum Gasteiger partial charge on any atom is 0.0963 e. The maximum absolute atomic E-state index is 7.55. The fourth-order valence-electron chi connectivity index (χ4n) is 3.55. The summed E-state index contributed by atoms with van der Waals surface area (Å²) in [5, 5.41) is 7.55. The second kappa shape index (κ2) is 5.60. The Morgan fingerprint density at radius 1 is 1.22 bits per heavy atom. The van der Waals surface area contributed by atoms with Gasteiger partial charge in [0.2, 0.25) is 0 Å². The number of unbranched alkanes of at least 4 members (excludes halogenated alkanes) is 1. The Kier molecular flexibility index (Phi) is 4.31. The molecule has 0 spiro atoms. The minimum atomic E-state index is -0.110. The molecule has 0 bridgehead atoms. The minimum Gasteiger partial charge on any atom is -0.387 e. The predicted octanol–water partition coefficient (Wildman–Crippen LogP) is 2.85. The molecule has 18 heavy (non-hydrogen) atoms. The lowest BCUT2D eigenvalue weighted by Crippen LogP contribution is -2.31. The van der Waals surface area contributed by atoms with Crippen LogP contribution in [0.5, 0.6) is 0 Å². The third kappa shape index (κ3) is 3.25. The smallest absolute Gasteiger partial charge is 0.0963 e. The summed E-state index contributed by atoms with van der Waals surface area (Å²) >= 11 is 0. The summed E-state index contributed by atoms with van der Waals surface area (Å²) < 4.78 is 0. The number of fused-ring (bicyclic) bond motifs is 1. The van der Waals surface area contributed by atoms with Crippen LogP contribution in [-0.2, 0) is 0 Å². The molecule has 0 aromatic rings. The number of hydrogen-bond acceptors (Lipinski definition) is 2. The average Bonchev–Trinajstić information content (AvgIpc) is 2.84. The van der Waals surface area contributed by atoms with Gasteiger partial charge in [-0.15, -0.1) is 0 Å². The number of hydrogen-bond donors (Lipinski definition) is 2. The molecular formula is C15H29N3. The van der Waals surface area contributed by atoms with Crippen LogP contribution >= 0.6 is 0 Å². The third-order valence-corrected chi connectivity index (χ3v) is 5.06. The van der Waals surface area contributed by atoms with Gasteiger partial charge < -0.3 is 10.6 Å². The molecule has 1 saturated heterocycles. The van der Waals surface area contributed by atoms with Crippen molar-refractivity contribution in [2.24, 2.45) is 23.0 Å². The number of likely N-dealkylation sites (tertiary alicyclic amines) is 1. The molecule has 0 aromatic carbocycles. The summed E-state index contributed by atoms with van der Waals surface area (Å²) in [6.07, 6.45) is 7.91. The van der Waals surface area contributed by atoms with Crippen LogP contribution in [0.15, 0.2) is 0 Å². The largest absolute Gasteiger partial charge is 0.387 e. The molecule has 104 valence electrons. The van der Waals surface area contributed by atoms with E-state index in [0.29, 0.717) is 5.84 Å². The van der Waals surface area contributed by atoms with E-state index in [1.54, 1.807) is 0 Å². The van der Waals surface area contributed by atoms with Gasteiger partial charge >= 0.3 is 0 Å². The van der Waals surface area contributed by atoms with Gasteiger partial charge in [0.15, 0.2) is 0 Å². The monoisotopic (exact) mass is 251 g/mol. The molecular weight excluding hydrogens is 222 g/mol. The molecule has 3 nitrogen and oxygen atoms in total. The van der Waals surface area contributed by atoms with Crippen molar-refractivity contribution in [2.75, 3.05) is 19.6 Å². The number of amidine groups is 1. The van der Waals surface area contributed by atoms with E-state index in [0.717, 1.165) is 18.3 Å². The first-order chi connectivity index (χ1) is 8.49. The highest BCUT2D eigenvalue weighted by Crippen LogP contribution is 2.37. The molecule has 0 aromatic heterocycles. The quantitative estimate of drug-likeness (QED) is 0.433. The number of rotatable bonds is 6. The Morgan fingerprint density at radius 2 is 1.83 bits per heavy atom. The van der Waals surface area contributed by atoms with E-state index < -0.39 is 0 Å². The highest BCUT2D eigenvalue weighted by molar-refractivity contribution is 5.82. The first-order valence-corrected chi connectivity index (χ1v) is 7.56. The van der Waals surface area contributed by atoms with Crippen molar-refractivity contribution < 1.29 is 0 Å². The topological polar surface area (TPSA) is 53.1 Å². The van der Waals surface area contributed by atoms with E-state index in [1.165, 1.54) is 51.7 Å². The zero-order chi connectivity index (χ0) is 13.2. The Bertz CT molecular complexity index is 286. The van der Waals surface area contributed by atoms with Crippen molar-refractivity contribution in [2.45, 2.75) is 52.4 Å². The molecule has 3 heteroatoms. The molecule has 1 heterocycles. The summed E-state index contributed by atoms with van der Waals surface area (Å²) in [6.45, 7) is 8.10. The molecule has 2 atom stereocenters. The normalized spacial score (nSPS) is 28.6. The Labute approximate surface area is 112 Å². The summed E-state index contributed by atoms with van der Waals surface area (Å²) in [7, 11) is 0. The zero-order valence-electron chi connectivity index (χ0n) is 12.0.